The predicted octanol–water partition coefficient (Wildman–Crippen LogP) is 4.72. The monoisotopic (exact) mass is 422 g/mol. The normalized spacial score (nSPS) is 12.3. The van der Waals surface area contributed by atoms with Gasteiger partial charge in [-0.2, -0.15) is 4.98 Å². The Morgan fingerprint density at radius 3 is 2.47 bits per heavy atom. The number of nitrogens with zero attached hydrogens (tertiary/aromatic N) is 2. The topological polar surface area (TPSA) is 79.3 Å². The van der Waals surface area contributed by atoms with Crippen molar-refractivity contribution >= 4 is 17.5 Å². The van der Waals surface area contributed by atoms with E-state index in [0.717, 1.165) is 0 Å². The van der Waals surface area contributed by atoms with E-state index in [4.69, 9.17) is 0 Å². The fourth-order valence-corrected chi connectivity index (χ4v) is 2.52. The molecule has 30 heavy (non-hydrogen) atoms. The van der Waals surface area contributed by atoms with Gasteiger partial charge in [0, 0.05) is 23.4 Å². The molecule has 1 atom stereocenters. The second kappa shape index (κ2) is 8.95. The minimum atomic E-state index is -4.82. The minimum absolute atomic E-state index is 0.154. The molecule has 0 amide bonds. The van der Waals surface area contributed by atoms with Crippen LogP contribution in [0, 0.1) is 5.82 Å². The van der Waals surface area contributed by atoms with Crippen LogP contribution in [0.15, 0.2) is 54.6 Å². The van der Waals surface area contributed by atoms with Crippen molar-refractivity contribution in [2.75, 3.05) is 17.2 Å². The maximum Gasteiger partial charge on any atom is 0.573 e. The summed E-state index contributed by atoms with van der Waals surface area (Å²) in [4.78, 5) is 8.61. The highest BCUT2D eigenvalue weighted by Crippen LogP contribution is 2.29. The van der Waals surface area contributed by atoms with Crippen LogP contribution in [-0.4, -0.2) is 34.1 Å². The molecule has 1 heterocycles. The van der Waals surface area contributed by atoms with Gasteiger partial charge >= 0.3 is 6.36 Å². The average Bonchev–Trinajstić information content (AvgIpc) is 2.68. The third-order valence-corrected chi connectivity index (χ3v) is 3.86. The number of rotatable bonds is 7. The molecule has 0 aliphatic rings. The predicted molar refractivity (Wildman–Crippen MR) is 104 cm³/mol. The van der Waals surface area contributed by atoms with Crippen molar-refractivity contribution in [1.29, 1.82) is 0 Å². The molecule has 3 N–H and O–H groups in total. The summed E-state index contributed by atoms with van der Waals surface area (Å²) in [5.41, 5.74) is 1.23. The summed E-state index contributed by atoms with van der Waals surface area (Å²) >= 11 is 0. The van der Waals surface area contributed by atoms with Crippen molar-refractivity contribution in [1.82, 2.24) is 9.97 Å². The van der Waals surface area contributed by atoms with Crippen molar-refractivity contribution in [3.63, 3.8) is 0 Å². The maximum absolute atomic E-state index is 13.1. The van der Waals surface area contributed by atoms with Crippen LogP contribution >= 0.6 is 0 Å². The number of alkyl halides is 3. The van der Waals surface area contributed by atoms with E-state index in [1.807, 2.05) is 0 Å². The standard InChI is InChI=1S/C20H18F4N4O2/c1-12(11-29)25-19-27-17(13-3-2-4-16(9-13)30-20(22,23)24)10-18(28-19)26-15-7-5-14(21)6-8-15/h2-10,12,29H,11H2,1H3,(H2,25,26,27,28)/t12-/m0/s1. The van der Waals surface area contributed by atoms with Gasteiger partial charge in [0.25, 0.3) is 0 Å². The molecule has 0 radical (unpaired) electrons. The van der Waals surface area contributed by atoms with Gasteiger partial charge in [-0.3, -0.25) is 0 Å². The molecule has 0 fully saturated rings. The molecule has 3 aromatic rings. The molecule has 0 spiro atoms. The quantitative estimate of drug-likeness (QED) is 0.479. The van der Waals surface area contributed by atoms with Gasteiger partial charge in [-0.1, -0.05) is 12.1 Å². The summed E-state index contributed by atoms with van der Waals surface area (Å²) in [6.07, 6.45) is -4.82. The molecule has 3 rings (SSSR count). The molecule has 2 aromatic carbocycles. The summed E-state index contributed by atoms with van der Waals surface area (Å²) in [7, 11) is 0. The average molecular weight is 422 g/mol. The first-order valence-electron chi connectivity index (χ1n) is 8.87. The second-order valence-corrected chi connectivity index (χ2v) is 6.40. The second-order valence-electron chi connectivity index (χ2n) is 6.40. The first-order valence-corrected chi connectivity index (χ1v) is 8.87. The molecule has 6 nitrogen and oxygen atoms in total. The van der Waals surface area contributed by atoms with Crippen LogP contribution in [0.3, 0.4) is 0 Å². The zero-order valence-electron chi connectivity index (χ0n) is 15.7. The van der Waals surface area contributed by atoms with Gasteiger partial charge in [-0.25, -0.2) is 9.37 Å². The van der Waals surface area contributed by atoms with E-state index in [2.05, 4.69) is 25.3 Å². The smallest absolute Gasteiger partial charge is 0.406 e. The zero-order valence-corrected chi connectivity index (χ0v) is 15.7. The lowest BCUT2D eigenvalue weighted by Gasteiger charge is -2.15. The van der Waals surface area contributed by atoms with Crippen molar-refractivity contribution in [2.45, 2.75) is 19.3 Å². The first kappa shape index (κ1) is 21.3. The van der Waals surface area contributed by atoms with Crippen molar-refractivity contribution < 1.29 is 27.4 Å². The van der Waals surface area contributed by atoms with Crippen LogP contribution in [0.25, 0.3) is 11.3 Å². The Bertz CT molecular complexity index is 997. The first-order chi connectivity index (χ1) is 14.2. The van der Waals surface area contributed by atoms with Gasteiger partial charge in [0.1, 0.15) is 17.4 Å². The van der Waals surface area contributed by atoms with Crippen LogP contribution in [0.2, 0.25) is 0 Å². The van der Waals surface area contributed by atoms with Crippen molar-refractivity contribution in [2.24, 2.45) is 0 Å². The Labute approximate surface area is 169 Å². The molecule has 0 unspecified atom stereocenters. The van der Waals surface area contributed by atoms with Crippen LogP contribution in [0.5, 0.6) is 5.75 Å². The summed E-state index contributed by atoms with van der Waals surface area (Å²) < 4.78 is 54.7. The Kier molecular flexibility index (Phi) is 6.36. The Morgan fingerprint density at radius 2 is 1.80 bits per heavy atom. The molecule has 0 aliphatic heterocycles. The fraction of sp³-hybridized carbons (Fsp3) is 0.200. The van der Waals surface area contributed by atoms with Gasteiger partial charge in [-0.05, 0) is 43.3 Å². The number of hydrogen-bond acceptors (Lipinski definition) is 6. The molecule has 0 bridgehead atoms. The Balaban J connectivity index is 1.97. The van der Waals surface area contributed by atoms with Gasteiger partial charge in [-0.15, -0.1) is 13.2 Å². The highest BCUT2D eigenvalue weighted by Gasteiger charge is 2.31. The van der Waals surface area contributed by atoms with E-state index in [1.165, 1.54) is 48.5 Å². The van der Waals surface area contributed by atoms with Crippen LogP contribution in [-0.2, 0) is 0 Å². The molecule has 0 saturated carbocycles. The summed E-state index contributed by atoms with van der Waals surface area (Å²) in [5.74, 6) is -0.309. The molecule has 0 saturated heterocycles. The number of halogens is 4. The molecule has 10 heteroatoms. The number of anilines is 3. The van der Waals surface area contributed by atoms with E-state index in [9.17, 15) is 22.7 Å². The number of aromatic nitrogens is 2. The van der Waals surface area contributed by atoms with E-state index in [1.54, 1.807) is 13.0 Å². The van der Waals surface area contributed by atoms with Crippen LogP contribution in [0.1, 0.15) is 6.92 Å². The molecule has 1 aromatic heterocycles. The number of aliphatic hydroxyl groups excluding tert-OH is 1. The van der Waals surface area contributed by atoms with E-state index < -0.39 is 12.2 Å². The SMILES string of the molecule is C[C@@H](CO)Nc1nc(Nc2ccc(F)cc2)cc(-c2cccc(OC(F)(F)F)c2)n1. The molecule has 0 aliphatic carbocycles. The van der Waals surface area contributed by atoms with Gasteiger partial charge in [0.2, 0.25) is 5.95 Å². The third-order valence-electron chi connectivity index (χ3n) is 3.86. The maximum atomic E-state index is 13.1. The largest absolute Gasteiger partial charge is 0.573 e. The zero-order chi connectivity index (χ0) is 21.7. The molecular weight excluding hydrogens is 404 g/mol. The number of hydrogen-bond donors (Lipinski definition) is 3. The Morgan fingerprint density at radius 1 is 1.07 bits per heavy atom. The van der Waals surface area contributed by atoms with Crippen LogP contribution < -0.4 is 15.4 Å². The van der Waals surface area contributed by atoms with Gasteiger partial charge in [0.05, 0.1) is 12.3 Å². The summed E-state index contributed by atoms with van der Waals surface area (Å²) in [6, 6.07) is 12.1. The highest BCUT2D eigenvalue weighted by molar-refractivity contribution is 5.68. The lowest BCUT2D eigenvalue weighted by atomic mass is 10.1. The summed E-state index contributed by atoms with van der Waals surface area (Å²) in [6.45, 7) is 1.53. The molecular formula is C20H18F4N4O2. The van der Waals surface area contributed by atoms with E-state index >= 15 is 0 Å². The third kappa shape index (κ3) is 6.05. The lowest BCUT2D eigenvalue weighted by molar-refractivity contribution is -0.274. The minimum Gasteiger partial charge on any atom is -0.406 e. The fourth-order valence-electron chi connectivity index (χ4n) is 2.52. The highest BCUT2D eigenvalue weighted by atomic mass is 19.4. The molecule has 158 valence electrons. The van der Waals surface area contributed by atoms with Crippen molar-refractivity contribution in [3.8, 4) is 17.0 Å². The van der Waals surface area contributed by atoms with E-state index in [-0.39, 0.29) is 24.3 Å². The number of nitrogens with one attached hydrogen (secondary N) is 2. The number of aliphatic hydroxyl groups is 1. The van der Waals surface area contributed by atoms with Crippen molar-refractivity contribution in [3.05, 3.63) is 60.4 Å². The lowest BCUT2D eigenvalue weighted by Crippen LogP contribution is -2.21. The number of benzene rings is 2. The van der Waals surface area contributed by atoms with Crippen LogP contribution in [0.4, 0.5) is 35.0 Å². The van der Waals surface area contributed by atoms with E-state index in [0.29, 0.717) is 22.8 Å². The Hall–Kier alpha value is -3.40. The van der Waals surface area contributed by atoms with Gasteiger partial charge in [0.15, 0.2) is 0 Å². The van der Waals surface area contributed by atoms with Gasteiger partial charge < -0.3 is 20.5 Å². The number of ether oxygens (including phenoxy) is 1. The summed E-state index contributed by atoms with van der Waals surface area (Å²) in [5, 5.41) is 15.2.